The lowest BCUT2D eigenvalue weighted by atomic mass is 10.2. The van der Waals surface area contributed by atoms with Crippen molar-refractivity contribution in [3.05, 3.63) is 22.5 Å². The zero-order valence-corrected chi connectivity index (χ0v) is 10.3. The molecule has 0 amide bonds. The molecule has 0 bridgehead atoms. The first-order valence-corrected chi connectivity index (χ1v) is 5.45. The Kier molecular flexibility index (Phi) is 4.55. The summed E-state index contributed by atoms with van der Waals surface area (Å²) in [6, 6.07) is 1.67. The van der Waals surface area contributed by atoms with Crippen LogP contribution in [0.15, 0.2) is 6.07 Å². The van der Waals surface area contributed by atoms with E-state index in [9.17, 15) is 4.79 Å². The fourth-order valence-electron chi connectivity index (χ4n) is 1.26. The van der Waals surface area contributed by atoms with Gasteiger partial charge in [-0.15, -0.1) is 0 Å². The van der Waals surface area contributed by atoms with Crippen LogP contribution in [-0.4, -0.2) is 24.2 Å². The zero-order chi connectivity index (χ0) is 12.1. The third kappa shape index (κ3) is 2.85. The zero-order valence-electron chi connectivity index (χ0n) is 9.54. The van der Waals surface area contributed by atoms with E-state index < -0.39 is 5.97 Å². The van der Waals surface area contributed by atoms with E-state index in [0.717, 1.165) is 0 Å². The van der Waals surface area contributed by atoms with Crippen molar-refractivity contribution < 1.29 is 14.3 Å². The molecule has 0 aliphatic carbocycles. The minimum atomic E-state index is -0.511. The lowest BCUT2D eigenvalue weighted by Crippen LogP contribution is -2.10. The van der Waals surface area contributed by atoms with Gasteiger partial charge < -0.3 is 9.47 Å². The van der Waals surface area contributed by atoms with Crippen LogP contribution in [0, 0.1) is 6.92 Å². The SMILES string of the molecule is CCOC(=O)c1c(OCC)cc(C)nc1Cl. The number of carbonyl (C=O) groups is 1. The number of carbonyl (C=O) groups excluding carboxylic acids is 1. The molecule has 0 unspecified atom stereocenters. The third-order valence-electron chi connectivity index (χ3n) is 1.85. The van der Waals surface area contributed by atoms with Gasteiger partial charge in [-0.2, -0.15) is 0 Å². The molecular formula is C11H14ClNO3. The molecule has 0 N–H and O–H groups in total. The Hall–Kier alpha value is -1.29. The highest BCUT2D eigenvalue weighted by molar-refractivity contribution is 6.32. The summed E-state index contributed by atoms with van der Waals surface area (Å²) in [5.41, 5.74) is 0.887. The van der Waals surface area contributed by atoms with E-state index in [-0.39, 0.29) is 17.3 Å². The van der Waals surface area contributed by atoms with Gasteiger partial charge in [-0.1, -0.05) is 11.6 Å². The average Bonchev–Trinajstić information content (AvgIpc) is 2.17. The van der Waals surface area contributed by atoms with Crippen molar-refractivity contribution in [1.29, 1.82) is 0 Å². The molecule has 0 saturated heterocycles. The van der Waals surface area contributed by atoms with Gasteiger partial charge in [-0.3, -0.25) is 0 Å². The highest BCUT2D eigenvalue weighted by atomic mass is 35.5. The summed E-state index contributed by atoms with van der Waals surface area (Å²) in [5, 5.41) is 0.113. The number of halogens is 1. The van der Waals surface area contributed by atoms with Crippen molar-refractivity contribution in [3.63, 3.8) is 0 Å². The van der Waals surface area contributed by atoms with Gasteiger partial charge in [0.25, 0.3) is 0 Å². The van der Waals surface area contributed by atoms with Crippen LogP contribution in [0.25, 0.3) is 0 Å². The Bertz CT molecular complexity index is 393. The molecular weight excluding hydrogens is 230 g/mol. The molecule has 0 fully saturated rings. The molecule has 16 heavy (non-hydrogen) atoms. The van der Waals surface area contributed by atoms with E-state index in [1.807, 2.05) is 6.92 Å². The van der Waals surface area contributed by atoms with Crippen LogP contribution >= 0.6 is 11.6 Å². The first-order valence-electron chi connectivity index (χ1n) is 5.07. The lowest BCUT2D eigenvalue weighted by molar-refractivity contribution is 0.0521. The van der Waals surface area contributed by atoms with Gasteiger partial charge in [0.2, 0.25) is 0 Å². The molecule has 0 aromatic carbocycles. The molecule has 5 heteroatoms. The second-order valence-corrected chi connectivity index (χ2v) is 3.44. The number of esters is 1. The Morgan fingerprint density at radius 3 is 2.69 bits per heavy atom. The van der Waals surface area contributed by atoms with E-state index in [0.29, 0.717) is 18.1 Å². The number of hydrogen-bond acceptors (Lipinski definition) is 4. The number of rotatable bonds is 4. The van der Waals surface area contributed by atoms with Crippen molar-refractivity contribution in [1.82, 2.24) is 4.98 Å². The summed E-state index contributed by atoms with van der Waals surface area (Å²) in [4.78, 5) is 15.7. The smallest absolute Gasteiger partial charge is 0.345 e. The molecule has 0 aliphatic heterocycles. The van der Waals surface area contributed by atoms with Gasteiger partial charge in [0.1, 0.15) is 16.5 Å². The van der Waals surface area contributed by atoms with Gasteiger partial charge in [-0.05, 0) is 20.8 Å². The van der Waals surface area contributed by atoms with Crippen molar-refractivity contribution in [2.45, 2.75) is 20.8 Å². The largest absolute Gasteiger partial charge is 0.493 e. The molecule has 0 spiro atoms. The van der Waals surface area contributed by atoms with Crippen LogP contribution in [0.3, 0.4) is 0 Å². The first kappa shape index (κ1) is 12.8. The maximum Gasteiger partial charge on any atom is 0.345 e. The molecule has 1 heterocycles. The highest BCUT2D eigenvalue weighted by Gasteiger charge is 2.19. The number of aromatic nitrogens is 1. The van der Waals surface area contributed by atoms with Gasteiger partial charge in [-0.25, -0.2) is 9.78 Å². The van der Waals surface area contributed by atoms with Gasteiger partial charge in [0.05, 0.1) is 13.2 Å². The summed E-state index contributed by atoms with van der Waals surface area (Å²) < 4.78 is 10.2. The number of ether oxygens (including phenoxy) is 2. The quantitative estimate of drug-likeness (QED) is 0.603. The van der Waals surface area contributed by atoms with Crippen LogP contribution in [0.5, 0.6) is 5.75 Å². The summed E-state index contributed by atoms with van der Waals surface area (Å²) in [6.07, 6.45) is 0. The third-order valence-corrected chi connectivity index (χ3v) is 2.12. The van der Waals surface area contributed by atoms with Crippen molar-refractivity contribution in [3.8, 4) is 5.75 Å². The Morgan fingerprint density at radius 1 is 1.44 bits per heavy atom. The molecule has 0 aliphatic rings. The topological polar surface area (TPSA) is 48.4 Å². The van der Waals surface area contributed by atoms with Crippen molar-refractivity contribution in [2.75, 3.05) is 13.2 Å². The fraction of sp³-hybridized carbons (Fsp3) is 0.455. The van der Waals surface area contributed by atoms with E-state index >= 15 is 0 Å². The van der Waals surface area contributed by atoms with Gasteiger partial charge in [0.15, 0.2) is 0 Å². The van der Waals surface area contributed by atoms with Crippen LogP contribution in [0.4, 0.5) is 0 Å². The summed E-state index contributed by atoms with van der Waals surface area (Å²) in [5.74, 6) is -0.0955. The minimum Gasteiger partial charge on any atom is -0.493 e. The molecule has 88 valence electrons. The molecule has 0 saturated carbocycles. The molecule has 1 rings (SSSR count). The molecule has 0 atom stereocenters. The van der Waals surface area contributed by atoms with Crippen molar-refractivity contribution >= 4 is 17.6 Å². The van der Waals surface area contributed by atoms with Crippen LogP contribution in [0.1, 0.15) is 29.9 Å². The monoisotopic (exact) mass is 243 g/mol. The maximum atomic E-state index is 11.6. The molecule has 0 radical (unpaired) electrons. The molecule has 1 aromatic heterocycles. The van der Waals surface area contributed by atoms with Crippen LogP contribution < -0.4 is 4.74 Å². The summed E-state index contributed by atoms with van der Waals surface area (Å²) >= 11 is 5.91. The first-order chi connectivity index (χ1) is 7.60. The molecule has 1 aromatic rings. The summed E-state index contributed by atoms with van der Waals surface area (Å²) in [6.45, 7) is 6.08. The second-order valence-electron chi connectivity index (χ2n) is 3.08. The van der Waals surface area contributed by atoms with E-state index in [2.05, 4.69) is 4.98 Å². The normalized spacial score (nSPS) is 10.0. The fourth-order valence-corrected chi connectivity index (χ4v) is 1.57. The van der Waals surface area contributed by atoms with Crippen LogP contribution in [0.2, 0.25) is 5.15 Å². The van der Waals surface area contributed by atoms with E-state index in [4.69, 9.17) is 21.1 Å². The predicted octanol–water partition coefficient (Wildman–Crippen LogP) is 2.62. The number of hydrogen-bond donors (Lipinski definition) is 0. The Labute approximate surface area is 99.5 Å². The maximum absolute atomic E-state index is 11.6. The second kappa shape index (κ2) is 5.70. The Balaban J connectivity index is 3.18. The van der Waals surface area contributed by atoms with Gasteiger partial charge >= 0.3 is 5.97 Å². The predicted molar refractivity (Wildman–Crippen MR) is 61.1 cm³/mol. The number of aryl methyl sites for hydroxylation is 1. The van der Waals surface area contributed by atoms with Crippen molar-refractivity contribution in [2.24, 2.45) is 0 Å². The van der Waals surface area contributed by atoms with Crippen LogP contribution in [-0.2, 0) is 4.74 Å². The standard InChI is InChI=1S/C11H14ClNO3/c1-4-15-8-6-7(3)13-10(12)9(8)11(14)16-5-2/h6H,4-5H2,1-3H3. The van der Waals surface area contributed by atoms with Gasteiger partial charge in [0, 0.05) is 11.8 Å². The molecule has 4 nitrogen and oxygen atoms in total. The number of nitrogens with zero attached hydrogens (tertiary/aromatic N) is 1. The number of pyridine rings is 1. The highest BCUT2D eigenvalue weighted by Crippen LogP contribution is 2.26. The summed E-state index contributed by atoms with van der Waals surface area (Å²) in [7, 11) is 0. The lowest BCUT2D eigenvalue weighted by Gasteiger charge is -2.11. The minimum absolute atomic E-state index is 0.113. The Morgan fingerprint density at radius 2 is 2.12 bits per heavy atom. The van der Waals surface area contributed by atoms with E-state index in [1.165, 1.54) is 0 Å². The average molecular weight is 244 g/mol. The van der Waals surface area contributed by atoms with E-state index in [1.54, 1.807) is 19.9 Å².